The first kappa shape index (κ1) is 25.3. The zero-order chi connectivity index (χ0) is 23.7. The van der Waals surface area contributed by atoms with Gasteiger partial charge in [0.15, 0.2) is 0 Å². The number of carbonyl (C=O) groups excluding carboxylic acids is 2. The van der Waals surface area contributed by atoms with Gasteiger partial charge in [-0.3, -0.25) is 0 Å². The Hall–Kier alpha value is -3.00. The Morgan fingerprint density at radius 1 is 1.16 bits per heavy atom. The number of carbonyl (C=O) groups is 2. The van der Waals surface area contributed by atoms with E-state index in [0.29, 0.717) is 42.1 Å². The molecule has 0 spiro atoms. The standard InChI is InChI=1S/C23H28ClFN2O5/c1-5-27(23(29)26-15(2)22(28)31-4)11-10-16-12-17(25)13-21(24)20(16)14-32-19-8-6-18(30-3)7-9-19/h6-9,12-13,15H,5,10-11,14H2,1-4H3,(H,26,29)/t15-/m0/s1. The highest BCUT2D eigenvalue weighted by molar-refractivity contribution is 6.31. The van der Waals surface area contributed by atoms with Gasteiger partial charge in [-0.25, -0.2) is 14.0 Å². The quantitative estimate of drug-likeness (QED) is 0.531. The second kappa shape index (κ2) is 12.1. The van der Waals surface area contributed by atoms with Crippen molar-refractivity contribution in [2.75, 3.05) is 27.3 Å². The lowest BCUT2D eigenvalue weighted by molar-refractivity contribution is -0.142. The van der Waals surface area contributed by atoms with Crippen molar-refractivity contribution < 1.29 is 28.2 Å². The molecule has 0 radical (unpaired) electrons. The maximum absolute atomic E-state index is 14.0. The lowest BCUT2D eigenvalue weighted by Crippen LogP contribution is -2.47. The van der Waals surface area contributed by atoms with Crippen molar-refractivity contribution in [3.63, 3.8) is 0 Å². The molecule has 0 aliphatic rings. The van der Waals surface area contributed by atoms with Crippen LogP contribution in [0.1, 0.15) is 25.0 Å². The van der Waals surface area contributed by atoms with Crippen molar-refractivity contribution in [2.24, 2.45) is 0 Å². The number of nitrogens with one attached hydrogen (secondary N) is 1. The lowest BCUT2D eigenvalue weighted by atomic mass is 10.0. The molecule has 0 bridgehead atoms. The molecule has 0 aromatic heterocycles. The van der Waals surface area contributed by atoms with Gasteiger partial charge < -0.3 is 24.4 Å². The fraction of sp³-hybridized carbons (Fsp3) is 0.391. The first-order chi connectivity index (χ1) is 15.3. The van der Waals surface area contributed by atoms with E-state index in [2.05, 4.69) is 10.1 Å². The number of amides is 2. The van der Waals surface area contributed by atoms with Crippen molar-refractivity contribution in [1.82, 2.24) is 10.2 Å². The van der Waals surface area contributed by atoms with Crippen LogP contribution in [-0.4, -0.2) is 50.3 Å². The summed E-state index contributed by atoms with van der Waals surface area (Å²) in [6.45, 7) is 4.19. The number of benzene rings is 2. The molecule has 2 aromatic carbocycles. The van der Waals surface area contributed by atoms with Gasteiger partial charge in [-0.15, -0.1) is 0 Å². The van der Waals surface area contributed by atoms with Gasteiger partial charge >= 0.3 is 12.0 Å². The fourth-order valence-electron chi connectivity index (χ4n) is 3.04. The van der Waals surface area contributed by atoms with E-state index in [0.717, 1.165) is 0 Å². The Bertz CT molecular complexity index is 923. The molecular formula is C23H28ClFN2O5. The fourth-order valence-corrected chi connectivity index (χ4v) is 3.32. The molecule has 1 atom stereocenters. The maximum atomic E-state index is 14.0. The maximum Gasteiger partial charge on any atom is 0.328 e. The average Bonchev–Trinajstić information content (AvgIpc) is 2.78. The van der Waals surface area contributed by atoms with Gasteiger partial charge in [0.05, 0.1) is 19.2 Å². The Morgan fingerprint density at radius 3 is 2.41 bits per heavy atom. The molecule has 0 fully saturated rings. The molecule has 0 aliphatic heterocycles. The Morgan fingerprint density at radius 2 is 1.81 bits per heavy atom. The first-order valence-corrected chi connectivity index (χ1v) is 10.5. The normalized spacial score (nSPS) is 11.4. The minimum Gasteiger partial charge on any atom is -0.497 e. The van der Waals surface area contributed by atoms with Crippen molar-refractivity contribution in [1.29, 1.82) is 0 Å². The van der Waals surface area contributed by atoms with E-state index >= 15 is 0 Å². The van der Waals surface area contributed by atoms with Crippen molar-refractivity contribution in [3.05, 3.63) is 58.4 Å². The summed E-state index contributed by atoms with van der Waals surface area (Å²) in [4.78, 5) is 25.5. The first-order valence-electron chi connectivity index (χ1n) is 10.2. The zero-order valence-corrected chi connectivity index (χ0v) is 19.4. The van der Waals surface area contributed by atoms with Crippen LogP contribution in [0.5, 0.6) is 11.5 Å². The molecule has 0 aliphatic carbocycles. The third-order valence-corrected chi connectivity index (χ3v) is 5.25. The topological polar surface area (TPSA) is 77.1 Å². The number of rotatable bonds is 10. The molecule has 0 heterocycles. The van der Waals surface area contributed by atoms with Crippen LogP contribution in [0.2, 0.25) is 5.02 Å². The number of nitrogens with zero attached hydrogens (tertiary/aromatic N) is 1. The summed E-state index contributed by atoms with van der Waals surface area (Å²) in [5.74, 6) is 0.315. The van der Waals surface area contributed by atoms with Crippen LogP contribution in [-0.2, 0) is 22.6 Å². The van der Waals surface area contributed by atoms with Crippen LogP contribution in [0.4, 0.5) is 9.18 Å². The molecule has 1 N–H and O–H groups in total. The summed E-state index contributed by atoms with van der Waals surface area (Å²) in [7, 11) is 2.84. The summed E-state index contributed by atoms with van der Waals surface area (Å²) >= 11 is 6.30. The third kappa shape index (κ3) is 7.02. The summed E-state index contributed by atoms with van der Waals surface area (Å²) in [5, 5.41) is 2.84. The summed E-state index contributed by atoms with van der Waals surface area (Å²) in [5.41, 5.74) is 1.28. The number of hydrogen-bond donors (Lipinski definition) is 1. The van der Waals surface area contributed by atoms with Crippen molar-refractivity contribution >= 4 is 23.6 Å². The lowest BCUT2D eigenvalue weighted by Gasteiger charge is -2.24. The molecule has 2 aromatic rings. The smallest absolute Gasteiger partial charge is 0.328 e. The third-order valence-electron chi connectivity index (χ3n) is 4.91. The minimum atomic E-state index is -0.779. The van der Waals surface area contributed by atoms with Gasteiger partial charge in [0.2, 0.25) is 0 Å². The minimum absolute atomic E-state index is 0.137. The number of likely N-dealkylation sites (N-methyl/N-ethyl adjacent to an activating group) is 1. The molecule has 0 saturated heterocycles. The van der Waals surface area contributed by atoms with Gasteiger partial charge in [-0.1, -0.05) is 11.6 Å². The van der Waals surface area contributed by atoms with Crippen molar-refractivity contribution in [3.8, 4) is 11.5 Å². The van der Waals surface area contributed by atoms with Crippen molar-refractivity contribution in [2.45, 2.75) is 32.9 Å². The molecule has 9 heteroatoms. The highest BCUT2D eigenvalue weighted by Gasteiger charge is 2.20. The average molecular weight is 467 g/mol. The summed E-state index contributed by atoms with van der Waals surface area (Å²) < 4.78 is 29.6. The van der Waals surface area contributed by atoms with Crippen LogP contribution in [0.25, 0.3) is 0 Å². The van der Waals surface area contributed by atoms with Crippen LogP contribution in [0, 0.1) is 5.82 Å². The second-order valence-electron chi connectivity index (χ2n) is 7.01. The molecule has 2 rings (SSSR count). The molecule has 174 valence electrons. The van der Waals surface area contributed by atoms with E-state index in [9.17, 15) is 14.0 Å². The second-order valence-corrected chi connectivity index (χ2v) is 7.42. The predicted molar refractivity (Wildman–Crippen MR) is 120 cm³/mol. The van der Waals surface area contributed by atoms with Gasteiger partial charge in [-0.2, -0.15) is 0 Å². The van der Waals surface area contributed by atoms with E-state index in [-0.39, 0.29) is 11.6 Å². The highest BCUT2D eigenvalue weighted by Crippen LogP contribution is 2.26. The summed E-state index contributed by atoms with van der Waals surface area (Å²) in [6.07, 6.45) is 0.354. The zero-order valence-electron chi connectivity index (χ0n) is 18.6. The molecule has 0 saturated carbocycles. The Labute approximate surface area is 192 Å². The molecule has 0 unspecified atom stereocenters. The Balaban J connectivity index is 2.09. The van der Waals surface area contributed by atoms with Gasteiger partial charge in [0, 0.05) is 18.7 Å². The number of esters is 1. The number of methoxy groups -OCH3 is 2. The number of ether oxygens (including phenoxy) is 3. The number of hydrogen-bond acceptors (Lipinski definition) is 5. The van der Waals surface area contributed by atoms with E-state index in [4.69, 9.17) is 21.1 Å². The van der Waals surface area contributed by atoms with E-state index in [1.807, 2.05) is 6.92 Å². The number of urea groups is 1. The van der Waals surface area contributed by atoms with Crippen LogP contribution in [0.15, 0.2) is 36.4 Å². The number of halogens is 2. The largest absolute Gasteiger partial charge is 0.497 e. The molecule has 32 heavy (non-hydrogen) atoms. The van der Waals surface area contributed by atoms with Gasteiger partial charge in [0.25, 0.3) is 0 Å². The summed E-state index contributed by atoms with van der Waals surface area (Å²) in [6, 6.07) is 8.51. The van der Waals surface area contributed by atoms with Gasteiger partial charge in [-0.05, 0) is 62.2 Å². The van der Waals surface area contributed by atoms with E-state index in [1.165, 1.54) is 24.1 Å². The van der Waals surface area contributed by atoms with E-state index < -0.39 is 23.9 Å². The van der Waals surface area contributed by atoms with E-state index in [1.54, 1.807) is 38.3 Å². The van der Waals surface area contributed by atoms with Crippen LogP contribution < -0.4 is 14.8 Å². The Kier molecular flexibility index (Phi) is 9.59. The molecular weight excluding hydrogens is 439 g/mol. The monoisotopic (exact) mass is 466 g/mol. The van der Waals surface area contributed by atoms with Crippen LogP contribution in [0.3, 0.4) is 0 Å². The molecule has 2 amide bonds. The van der Waals surface area contributed by atoms with Crippen LogP contribution >= 0.6 is 11.6 Å². The molecule has 7 nitrogen and oxygen atoms in total. The SMILES string of the molecule is CCN(CCc1cc(F)cc(Cl)c1COc1ccc(OC)cc1)C(=O)N[C@@H](C)C(=O)OC. The van der Waals surface area contributed by atoms with Gasteiger partial charge in [0.1, 0.15) is 30.0 Å². The highest BCUT2D eigenvalue weighted by atomic mass is 35.5. The predicted octanol–water partition coefficient (Wildman–Crippen LogP) is 4.20.